The molecule has 0 saturated carbocycles. The maximum absolute atomic E-state index is 10.1. The Morgan fingerprint density at radius 2 is 2.00 bits per heavy atom. The molecule has 0 atom stereocenters. The molecule has 2 aromatic heterocycles. The lowest BCUT2D eigenvalue weighted by molar-refractivity contribution is 0.112. The van der Waals surface area contributed by atoms with Crippen LogP contribution in [-0.4, -0.2) is 16.3 Å². The van der Waals surface area contributed by atoms with Gasteiger partial charge in [-0.1, -0.05) is 59.6 Å². The van der Waals surface area contributed by atoms with E-state index in [4.69, 9.17) is 40.5 Å². The van der Waals surface area contributed by atoms with E-state index in [-0.39, 0.29) is 12.6 Å². The van der Waals surface area contributed by atoms with Crippen LogP contribution in [0.25, 0.3) is 0 Å². The molecule has 8 heteroatoms. The maximum Gasteiger partial charge on any atom is 0.185 e. The second-order valence-electron chi connectivity index (χ2n) is 2.93. The van der Waals surface area contributed by atoms with Crippen molar-refractivity contribution >= 4 is 52.4 Å². The summed E-state index contributed by atoms with van der Waals surface area (Å²) in [5.41, 5.74) is 6.32. The summed E-state index contributed by atoms with van der Waals surface area (Å²) in [6.45, 7) is 0.518. The van der Waals surface area contributed by atoms with Gasteiger partial charge in [0.1, 0.15) is 10.0 Å². The molecule has 2 heterocycles. The minimum atomic E-state index is 0. The second kappa shape index (κ2) is 9.23. The largest absolute Gasteiger partial charge is 0.326 e. The van der Waals surface area contributed by atoms with Crippen molar-refractivity contribution in [3.8, 4) is 0 Å². The summed E-state index contributed by atoms with van der Waals surface area (Å²) in [6.07, 6.45) is 2.30. The first-order chi connectivity index (χ1) is 8.56. The molecule has 19 heavy (non-hydrogen) atoms. The number of carbonyl (C=O) groups excluding carboxylic acids is 1. The van der Waals surface area contributed by atoms with Crippen LogP contribution >= 0.6 is 46.1 Å². The topological polar surface area (TPSA) is 68.9 Å². The van der Waals surface area contributed by atoms with Crippen LogP contribution in [0.2, 0.25) is 14.8 Å². The summed E-state index contributed by atoms with van der Waals surface area (Å²) in [5.74, 6) is 0. The second-order valence-corrected chi connectivity index (χ2v) is 5.29. The first-order valence-corrected chi connectivity index (χ1v) is 6.59. The Morgan fingerprint density at radius 3 is 2.32 bits per heavy atom. The van der Waals surface area contributed by atoms with Gasteiger partial charge in [0, 0.05) is 12.7 Å². The average Bonchev–Trinajstić information content (AvgIpc) is 2.69. The van der Waals surface area contributed by atoms with E-state index < -0.39 is 0 Å². The molecular formula is C11H12Cl3N3OS. The summed E-state index contributed by atoms with van der Waals surface area (Å²) < 4.78 is 0.294. The number of hydrogen-bond donors (Lipinski definition) is 1. The van der Waals surface area contributed by atoms with Gasteiger partial charge in [-0.3, -0.25) is 4.79 Å². The lowest BCUT2D eigenvalue weighted by Gasteiger charge is -1.92. The molecule has 0 unspecified atom stereocenters. The van der Waals surface area contributed by atoms with Crippen molar-refractivity contribution in [1.82, 2.24) is 9.97 Å². The SMILES string of the molecule is C.NCc1ccc(Cl)nc1.O=Cc1sc(Cl)nc1Cl. The zero-order chi connectivity index (χ0) is 13.5. The number of rotatable bonds is 2. The third kappa shape index (κ3) is 6.31. The number of carbonyl (C=O) groups is 1. The molecule has 0 bridgehead atoms. The molecule has 2 rings (SSSR count). The summed E-state index contributed by atoms with van der Waals surface area (Å²) in [4.78, 5) is 17.9. The lowest BCUT2D eigenvalue weighted by Crippen LogP contribution is -1.95. The van der Waals surface area contributed by atoms with Crippen molar-refractivity contribution in [3.05, 3.63) is 43.5 Å². The molecule has 0 aliphatic rings. The normalized spacial score (nSPS) is 9.05. The highest BCUT2D eigenvalue weighted by molar-refractivity contribution is 7.17. The fraction of sp³-hybridized carbons (Fsp3) is 0.182. The summed E-state index contributed by atoms with van der Waals surface area (Å²) >= 11 is 17.4. The van der Waals surface area contributed by atoms with Crippen LogP contribution in [-0.2, 0) is 6.54 Å². The first-order valence-electron chi connectivity index (χ1n) is 4.64. The smallest absolute Gasteiger partial charge is 0.185 e. The van der Waals surface area contributed by atoms with Crippen LogP contribution in [0.4, 0.5) is 0 Å². The van der Waals surface area contributed by atoms with Gasteiger partial charge in [0.2, 0.25) is 0 Å². The number of aromatic nitrogens is 2. The van der Waals surface area contributed by atoms with Crippen LogP contribution in [0.3, 0.4) is 0 Å². The van der Waals surface area contributed by atoms with Gasteiger partial charge in [-0.15, -0.1) is 0 Å². The van der Waals surface area contributed by atoms with E-state index in [0.29, 0.717) is 27.3 Å². The molecular weight excluding hydrogens is 329 g/mol. The Hall–Kier alpha value is -0.720. The van der Waals surface area contributed by atoms with Crippen LogP contribution < -0.4 is 5.73 Å². The lowest BCUT2D eigenvalue weighted by atomic mass is 10.3. The molecule has 0 aromatic carbocycles. The Morgan fingerprint density at radius 1 is 1.32 bits per heavy atom. The number of halogens is 3. The highest BCUT2D eigenvalue weighted by atomic mass is 35.5. The standard InChI is InChI=1S/C6H7ClN2.C4HCl2NOS.CH4/c7-6-2-1-5(3-8)4-9-6;5-3-2(1-8)9-4(6)7-3;/h1-2,4H,3,8H2;1H;1H4. The van der Waals surface area contributed by atoms with Crippen molar-refractivity contribution in [2.75, 3.05) is 0 Å². The molecule has 0 fully saturated rings. The van der Waals surface area contributed by atoms with Gasteiger partial charge >= 0.3 is 0 Å². The molecule has 2 aromatic rings. The van der Waals surface area contributed by atoms with Gasteiger partial charge in [0.25, 0.3) is 0 Å². The molecule has 104 valence electrons. The number of pyridine rings is 1. The molecule has 0 radical (unpaired) electrons. The van der Waals surface area contributed by atoms with Crippen molar-refractivity contribution in [1.29, 1.82) is 0 Å². The first kappa shape index (κ1) is 18.3. The van der Waals surface area contributed by atoms with Gasteiger partial charge in [0.05, 0.1) is 0 Å². The van der Waals surface area contributed by atoms with Crippen LogP contribution in [0, 0.1) is 0 Å². The van der Waals surface area contributed by atoms with Crippen molar-refractivity contribution in [2.45, 2.75) is 14.0 Å². The van der Waals surface area contributed by atoms with E-state index in [1.54, 1.807) is 12.3 Å². The van der Waals surface area contributed by atoms with Crippen LogP contribution in [0.15, 0.2) is 18.3 Å². The van der Waals surface area contributed by atoms with Crippen molar-refractivity contribution in [2.24, 2.45) is 5.73 Å². The van der Waals surface area contributed by atoms with E-state index >= 15 is 0 Å². The number of nitrogens with zero attached hydrogens (tertiary/aromatic N) is 2. The zero-order valence-electron chi connectivity index (χ0n) is 8.94. The molecule has 0 aliphatic heterocycles. The molecule has 4 nitrogen and oxygen atoms in total. The third-order valence-electron chi connectivity index (χ3n) is 1.71. The predicted octanol–water partition coefficient (Wildman–Crippen LogP) is 4.09. The summed E-state index contributed by atoms with van der Waals surface area (Å²) in [6, 6.07) is 3.58. The number of hydrogen-bond acceptors (Lipinski definition) is 5. The Kier molecular flexibility index (Phi) is 8.88. The van der Waals surface area contributed by atoms with E-state index in [9.17, 15) is 4.79 Å². The fourth-order valence-electron chi connectivity index (χ4n) is 0.888. The highest BCUT2D eigenvalue weighted by Crippen LogP contribution is 2.24. The average molecular weight is 341 g/mol. The molecule has 0 spiro atoms. The van der Waals surface area contributed by atoms with Gasteiger partial charge in [-0.05, 0) is 11.6 Å². The van der Waals surface area contributed by atoms with E-state index in [2.05, 4.69) is 9.97 Å². The fourth-order valence-corrected chi connectivity index (χ4v) is 2.17. The Labute approximate surface area is 130 Å². The van der Waals surface area contributed by atoms with Gasteiger partial charge < -0.3 is 5.73 Å². The van der Waals surface area contributed by atoms with E-state index in [0.717, 1.165) is 16.9 Å². The number of nitrogens with two attached hydrogens (primary N) is 1. The maximum atomic E-state index is 10.1. The minimum absolute atomic E-state index is 0. The Bertz CT molecular complexity index is 516. The van der Waals surface area contributed by atoms with Crippen molar-refractivity contribution < 1.29 is 4.79 Å². The number of thiazole rings is 1. The zero-order valence-corrected chi connectivity index (χ0v) is 12.0. The van der Waals surface area contributed by atoms with Gasteiger partial charge in [-0.25, -0.2) is 9.97 Å². The predicted molar refractivity (Wildman–Crippen MR) is 81.4 cm³/mol. The van der Waals surface area contributed by atoms with Gasteiger partial charge in [-0.2, -0.15) is 0 Å². The minimum Gasteiger partial charge on any atom is -0.326 e. The summed E-state index contributed by atoms with van der Waals surface area (Å²) in [7, 11) is 0. The quantitative estimate of drug-likeness (QED) is 0.660. The summed E-state index contributed by atoms with van der Waals surface area (Å²) in [5, 5.41) is 0.687. The Balaban J connectivity index is 0.000000324. The number of aldehydes is 1. The third-order valence-corrected chi connectivity index (χ3v) is 3.42. The molecule has 2 N–H and O–H groups in total. The molecule has 0 amide bonds. The van der Waals surface area contributed by atoms with E-state index in [1.165, 1.54) is 0 Å². The van der Waals surface area contributed by atoms with Crippen molar-refractivity contribution in [3.63, 3.8) is 0 Å². The highest BCUT2D eigenvalue weighted by Gasteiger charge is 2.04. The van der Waals surface area contributed by atoms with Crippen LogP contribution in [0.1, 0.15) is 22.7 Å². The molecule has 0 saturated heterocycles. The van der Waals surface area contributed by atoms with E-state index in [1.807, 2.05) is 6.07 Å². The van der Waals surface area contributed by atoms with Gasteiger partial charge in [0.15, 0.2) is 15.9 Å². The van der Waals surface area contributed by atoms with Crippen LogP contribution in [0.5, 0.6) is 0 Å². The molecule has 0 aliphatic carbocycles. The monoisotopic (exact) mass is 339 g/mol.